The van der Waals surface area contributed by atoms with Gasteiger partial charge < -0.3 is 10.2 Å². The van der Waals surface area contributed by atoms with Crippen LogP contribution in [0.15, 0.2) is 97.5 Å². The Labute approximate surface area is 223 Å². The minimum atomic E-state index is -4.55. The first-order valence-corrected chi connectivity index (χ1v) is 12.2. The number of rotatable bonds is 7. The van der Waals surface area contributed by atoms with Gasteiger partial charge in [-0.2, -0.15) is 13.2 Å². The van der Waals surface area contributed by atoms with Crippen molar-refractivity contribution in [2.75, 3.05) is 12.4 Å². The number of aromatic nitrogens is 3. The first-order valence-electron chi connectivity index (χ1n) is 12.2. The van der Waals surface area contributed by atoms with E-state index in [1.807, 2.05) is 42.5 Å². The number of carbonyl (C=O) groups is 1. The largest absolute Gasteiger partial charge is 0.416 e. The Kier molecular flexibility index (Phi) is 7.23. The van der Waals surface area contributed by atoms with Crippen molar-refractivity contribution < 1.29 is 18.0 Å². The molecular weight excluding hydrogens is 503 g/mol. The van der Waals surface area contributed by atoms with E-state index in [9.17, 15) is 18.0 Å². The molecular formula is C30H24F3N5O. The van der Waals surface area contributed by atoms with Gasteiger partial charge in [0.25, 0.3) is 5.91 Å². The van der Waals surface area contributed by atoms with Crippen LogP contribution >= 0.6 is 0 Å². The number of nitrogens with zero attached hydrogens (tertiary/aromatic N) is 4. The molecule has 5 rings (SSSR count). The third kappa shape index (κ3) is 5.87. The Hall–Kier alpha value is -4.79. The molecule has 5 aromatic rings. The summed E-state index contributed by atoms with van der Waals surface area (Å²) in [6, 6.07) is 23.4. The summed E-state index contributed by atoms with van der Waals surface area (Å²) in [7, 11) is 1.80. The van der Waals surface area contributed by atoms with E-state index in [-0.39, 0.29) is 18.7 Å². The minimum absolute atomic E-state index is 0.0361. The fourth-order valence-corrected chi connectivity index (χ4v) is 4.40. The molecule has 2 heterocycles. The summed E-state index contributed by atoms with van der Waals surface area (Å²) in [5.41, 5.74) is 3.22. The molecule has 6 nitrogen and oxygen atoms in total. The number of benzene rings is 3. The van der Waals surface area contributed by atoms with Crippen LogP contribution in [0, 0.1) is 0 Å². The second-order valence-electron chi connectivity index (χ2n) is 8.97. The van der Waals surface area contributed by atoms with Crippen molar-refractivity contribution in [3.05, 3.63) is 120 Å². The van der Waals surface area contributed by atoms with E-state index in [0.29, 0.717) is 11.5 Å². The van der Waals surface area contributed by atoms with Crippen LogP contribution in [-0.2, 0) is 19.3 Å². The molecule has 9 heteroatoms. The van der Waals surface area contributed by atoms with Crippen molar-refractivity contribution in [3.8, 4) is 11.1 Å². The van der Waals surface area contributed by atoms with Gasteiger partial charge in [0.05, 0.1) is 23.3 Å². The van der Waals surface area contributed by atoms with Gasteiger partial charge in [0.1, 0.15) is 12.1 Å². The number of halogens is 3. The van der Waals surface area contributed by atoms with Gasteiger partial charge in [-0.25, -0.2) is 9.97 Å². The molecule has 196 valence electrons. The van der Waals surface area contributed by atoms with E-state index < -0.39 is 17.6 Å². The van der Waals surface area contributed by atoms with E-state index in [4.69, 9.17) is 0 Å². The van der Waals surface area contributed by atoms with E-state index in [2.05, 4.69) is 20.3 Å². The first-order chi connectivity index (χ1) is 18.8. The van der Waals surface area contributed by atoms with Crippen LogP contribution in [0.5, 0.6) is 0 Å². The lowest BCUT2D eigenvalue weighted by molar-refractivity contribution is -0.137. The van der Waals surface area contributed by atoms with E-state index in [1.54, 1.807) is 31.4 Å². The lowest BCUT2D eigenvalue weighted by Crippen LogP contribution is -2.30. The van der Waals surface area contributed by atoms with Crippen molar-refractivity contribution in [1.29, 1.82) is 0 Å². The number of nitrogens with one attached hydrogen (secondary N) is 1. The molecule has 0 aliphatic rings. The fraction of sp³-hybridized carbons (Fsp3) is 0.133. The van der Waals surface area contributed by atoms with E-state index in [1.165, 1.54) is 23.4 Å². The molecule has 39 heavy (non-hydrogen) atoms. The number of pyridine rings is 1. The summed E-state index contributed by atoms with van der Waals surface area (Å²) in [5.74, 6) is 0.199. The van der Waals surface area contributed by atoms with Crippen LogP contribution in [0.3, 0.4) is 0 Å². The monoisotopic (exact) mass is 527 g/mol. The predicted molar refractivity (Wildman–Crippen MR) is 144 cm³/mol. The molecule has 0 bridgehead atoms. The maximum Gasteiger partial charge on any atom is 0.416 e. The average molecular weight is 528 g/mol. The van der Waals surface area contributed by atoms with Gasteiger partial charge in [0.15, 0.2) is 0 Å². The minimum Gasteiger partial charge on any atom is -0.373 e. The van der Waals surface area contributed by atoms with Crippen LogP contribution in [0.2, 0.25) is 0 Å². The molecule has 0 atom stereocenters. The highest BCUT2D eigenvalue weighted by atomic mass is 19.4. The quantitative estimate of drug-likeness (QED) is 0.258. The molecule has 1 amide bonds. The number of fused-ring (bicyclic) bond motifs is 1. The van der Waals surface area contributed by atoms with Gasteiger partial charge >= 0.3 is 6.18 Å². The van der Waals surface area contributed by atoms with Gasteiger partial charge in [-0.15, -0.1) is 0 Å². The normalized spacial score (nSPS) is 11.4. The van der Waals surface area contributed by atoms with Gasteiger partial charge in [-0.1, -0.05) is 36.4 Å². The molecule has 0 saturated carbocycles. The predicted octanol–water partition coefficient (Wildman–Crippen LogP) is 6.59. The average Bonchev–Trinajstić information content (AvgIpc) is 2.96. The Bertz CT molecular complexity index is 1620. The molecule has 0 fully saturated rings. The Morgan fingerprint density at radius 3 is 2.44 bits per heavy atom. The third-order valence-electron chi connectivity index (χ3n) is 6.31. The maximum absolute atomic E-state index is 13.5. The molecule has 0 aliphatic heterocycles. The molecule has 0 saturated heterocycles. The molecule has 0 unspecified atom stereocenters. The van der Waals surface area contributed by atoms with Crippen LogP contribution in [0.1, 0.15) is 27.2 Å². The van der Waals surface area contributed by atoms with Crippen molar-refractivity contribution in [1.82, 2.24) is 19.9 Å². The van der Waals surface area contributed by atoms with Crippen molar-refractivity contribution in [2.45, 2.75) is 19.3 Å². The SMILES string of the molecule is CNc1ncnc2ccc(-c3cccc(CN(Cc4ccccn4)C(=O)c4cccc(C(F)(F)F)c4)c3)cc12. The maximum atomic E-state index is 13.5. The van der Waals surface area contributed by atoms with Gasteiger partial charge in [0, 0.05) is 30.7 Å². The van der Waals surface area contributed by atoms with Crippen molar-refractivity contribution in [3.63, 3.8) is 0 Å². The topological polar surface area (TPSA) is 71.0 Å². The summed E-state index contributed by atoms with van der Waals surface area (Å²) >= 11 is 0. The number of hydrogen-bond acceptors (Lipinski definition) is 5. The Morgan fingerprint density at radius 2 is 1.67 bits per heavy atom. The Morgan fingerprint density at radius 1 is 0.846 bits per heavy atom. The second-order valence-corrected chi connectivity index (χ2v) is 8.97. The number of carbonyl (C=O) groups excluding carboxylic acids is 1. The van der Waals surface area contributed by atoms with Crippen LogP contribution in [-0.4, -0.2) is 32.8 Å². The standard InChI is InChI=1S/C30H24F3N5O/c1-34-28-26-16-22(11-12-27(26)36-19-37-28)21-7-4-6-20(14-21)17-38(18-25-10-2-3-13-35-25)29(39)23-8-5-9-24(15-23)30(31,32)33/h2-16,19H,17-18H2,1H3,(H,34,36,37). The zero-order valence-corrected chi connectivity index (χ0v) is 21.0. The van der Waals surface area contributed by atoms with E-state index >= 15 is 0 Å². The molecule has 2 aromatic heterocycles. The lowest BCUT2D eigenvalue weighted by Gasteiger charge is -2.23. The van der Waals surface area contributed by atoms with Gasteiger partial charge in [0.2, 0.25) is 0 Å². The molecule has 0 radical (unpaired) electrons. The molecule has 3 aromatic carbocycles. The third-order valence-corrected chi connectivity index (χ3v) is 6.31. The summed E-state index contributed by atoms with van der Waals surface area (Å²) < 4.78 is 40.0. The Balaban J connectivity index is 1.48. The number of anilines is 1. The lowest BCUT2D eigenvalue weighted by atomic mass is 10.0. The number of hydrogen-bond donors (Lipinski definition) is 1. The zero-order chi connectivity index (χ0) is 27.4. The van der Waals surface area contributed by atoms with Crippen molar-refractivity contribution >= 4 is 22.6 Å². The fourth-order valence-electron chi connectivity index (χ4n) is 4.40. The smallest absolute Gasteiger partial charge is 0.373 e. The first kappa shape index (κ1) is 25.8. The highest BCUT2D eigenvalue weighted by molar-refractivity contribution is 5.94. The highest BCUT2D eigenvalue weighted by Crippen LogP contribution is 2.31. The van der Waals surface area contributed by atoms with Crippen LogP contribution in [0.25, 0.3) is 22.0 Å². The summed E-state index contributed by atoms with van der Waals surface area (Å²) in [6.07, 6.45) is -1.42. The van der Waals surface area contributed by atoms with E-state index in [0.717, 1.165) is 39.7 Å². The summed E-state index contributed by atoms with van der Waals surface area (Å²) in [4.78, 5) is 27.9. The van der Waals surface area contributed by atoms with Crippen LogP contribution < -0.4 is 5.32 Å². The zero-order valence-electron chi connectivity index (χ0n) is 21.0. The summed E-state index contributed by atoms with van der Waals surface area (Å²) in [5, 5.41) is 3.95. The number of alkyl halides is 3. The summed E-state index contributed by atoms with van der Waals surface area (Å²) in [6.45, 7) is 0.316. The molecule has 0 aliphatic carbocycles. The van der Waals surface area contributed by atoms with Crippen LogP contribution in [0.4, 0.5) is 19.0 Å². The van der Waals surface area contributed by atoms with Gasteiger partial charge in [-0.05, 0) is 65.2 Å². The second kappa shape index (κ2) is 10.9. The highest BCUT2D eigenvalue weighted by Gasteiger charge is 2.31. The molecule has 0 spiro atoms. The molecule has 1 N–H and O–H groups in total. The number of amides is 1. The van der Waals surface area contributed by atoms with Crippen molar-refractivity contribution in [2.24, 2.45) is 0 Å². The van der Waals surface area contributed by atoms with Gasteiger partial charge in [-0.3, -0.25) is 9.78 Å².